The Morgan fingerprint density at radius 1 is 1.50 bits per heavy atom. The molecule has 2 aliphatic rings. The molecule has 0 spiro atoms. The van der Waals surface area contributed by atoms with Gasteiger partial charge >= 0.3 is 0 Å². The van der Waals surface area contributed by atoms with Crippen molar-refractivity contribution in [3.63, 3.8) is 0 Å². The fourth-order valence-corrected chi connectivity index (χ4v) is 1.04. The van der Waals surface area contributed by atoms with Crippen molar-refractivity contribution in [2.75, 3.05) is 13.2 Å². The smallest absolute Gasteiger partial charge is 0.119 e. The first-order chi connectivity index (χ1) is 4.97. The SMILES string of the molecule is C1=CN(C2=CCNN2)CN1. The van der Waals surface area contributed by atoms with E-state index < -0.39 is 0 Å². The van der Waals surface area contributed by atoms with Crippen LogP contribution in [0.3, 0.4) is 0 Å². The van der Waals surface area contributed by atoms with E-state index in [9.17, 15) is 0 Å². The molecule has 0 aromatic rings. The van der Waals surface area contributed by atoms with Crippen molar-refractivity contribution in [2.45, 2.75) is 0 Å². The Labute approximate surface area is 59.6 Å². The summed E-state index contributed by atoms with van der Waals surface area (Å²) in [5.41, 5.74) is 6.05. The summed E-state index contributed by atoms with van der Waals surface area (Å²) in [6, 6.07) is 0. The summed E-state index contributed by atoms with van der Waals surface area (Å²) in [7, 11) is 0. The predicted molar refractivity (Wildman–Crippen MR) is 38.2 cm³/mol. The molecule has 0 atom stereocenters. The fourth-order valence-electron chi connectivity index (χ4n) is 1.04. The maximum Gasteiger partial charge on any atom is 0.119 e. The van der Waals surface area contributed by atoms with Crippen LogP contribution in [-0.4, -0.2) is 18.1 Å². The van der Waals surface area contributed by atoms with Crippen LogP contribution >= 0.6 is 0 Å². The lowest BCUT2D eigenvalue weighted by Crippen LogP contribution is -2.32. The zero-order chi connectivity index (χ0) is 6.81. The lowest BCUT2D eigenvalue weighted by atomic mass is 10.5. The second-order valence-electron chi connectivity index (χ2n) is 2.24. The van der Waals surface area contributed by atoms with Crippen LogP contribution < -0.4 is 16.2 Å². The second kappa shape index (κ2) is 2.22. The highest BCUT2D eigenvalue weighted by Crippen LogP contribution is 2.04. The van der Waals surface area contributed by atoms with Crippen molar-refractivity contribution in [3.8, 4) is 0 Å². The van der Waals surface area contributed by atoms with E-state index in [0.29, 0.717) is 0 Å². The highest BCUT2D eigenvalue weighted by molar-refractivity contribution is 5.09. The number of nitrogens with one attached hydrogen (secondary N) is 3. The minimum Gasteiger partial charge on any atom is -0.372 e. The van der Waals surface area contributed by atoms with Crippen LogP contribution in [0.5, 0.6) is 0 Å². The largest absolute Gasteiger partial charge is 0.372 e. The molecule has 0 fully saturated rings. The molecule has 0 bridgehead atoms. The van der Waals surface area contributed by atoms with Crippen LogP contribution in [0.4, 0.5) is 0 Å². The molecule has 0 aliphatic carbocycles. The zero-order valence-electron chi connectivity index (χ0n) is 5.59. The van der Waals surface area contributed by atoms with Crippen molar-refractivity contribution < 1.29 is 0 Å². The van der Waals surface area contributed by atoms with Gasteiger partial charge in [-0.15, -0.1) is 0 Å². The molecule has 10 heavy (non-hydrogen) atoms. The average Bonchev–Trinajstić information content (AvgIpc) is 2.59. The molecular weight excluding hydrogens is 128 g/mol. The highest BCUT2D eigenvalue weighted by Gasteiger charge is 2.11. The molecule has 0 aromatic carbocycles. The zero-order valence-corrected chi connectivity index (χ0v) is 5.59. The summed E-state index contributed by atoms with van der Waals surface area (Å²) in [5.74, 6) is 1.13. The Kier molecular flexibility index (Phi) is 1.25. The normalized spacial score (nSPS) is 22.4. The first-order valence-electron chi connectivity index (χ1n) is 3.32. The van der Waals surface area contributed by atoms with Gasteiger partial charge in [0, 0.05) is 18.9 Å². The van der Waals surface area contributed by atoms with Crippen LogP contribution in [0.25, 0.3) is 0 Å². The number of rotatable bonds is 1. The molecule has 54 valence electrons. The third kappa shape index (κ3) is 0.823. The first kappa shape index (κ1) is 5.61. The van der Waals surface area contributed by atoms with Crippen molar-refractivity contribution >= 4 is 0 Å². The van der Waals surface area contributed by atoms with Gasteiger partial charge in [-0.3, -0.25) is 0 Å². The molecule has 0 aromatic heterocycles. The Balaban J connectivity index is 2.04. The maximum absolute atomic E-state index is 3.09. The Morgan fingerprint density at radius 2 is 2.50 bits per heavy atom. The first-order valence-corrected chi connectivity index (χ1v) is 3.32. The molecule has 4 heteroatoms. The highest BCUT2D eigenvalue weighted by atomic mass is 15.5. The standard InChI is InChI=1S/C6H10N4/c1-2-8-9-6(1)10-4-3-7-5-10/h1,3-4,7-9H,2,5H2. The van der Waals surface area contributed by atoms with Crippen LogP contribution in [-0.2, 0) is 0 Å². The molecule has 4 nitrogen and oxygen atoms in total. The van der Waals surface area contributed by atoms with Gasteiger partial charge in [0.05, 0.1) is 6.67 Å². The number of nitrogens with zero attached hydrogens (tertiary/aromatic N) is 1. The summed E-state index contributed by atoms with van der Waals surface area (Å²) >= 11 is 0. The van der Waals surface area contributed by atoms with Crippen molar-refractivity contribution in [1.82, 2.24) is 21.1 Å². The number of hydrogen-bond donors (Lipinski definition) is 3. The van der Waals surface area contributed by atoms with Crippen molar-refractivity contribution in [2.24, 2.45) is 0 Å². The van der Waals surface area contributed by atoms with Gasteiger partial charge in [-0.05, 0) is 6.08 Å². The van der Waals surface area contributed by atoms with E-state index in [2.05, 4.69) is 27.1 Å². The maximum atomic E-state index is 3.09. The van der Waals surface area contributed by atoms with Gasteiger partial charge in [-0.2, -0.15) is 0 Å². The van der Waals surface area contributed by atoms with E-state index in [0.717, 1.165) is 19.0 Å². The van der Waals surface area contributed by atoms with E-state index in [1.165, 1.54) is 0 Å². The van der Waals surface area contributed by atoms with Gasteiger partial charge in [-0.25, -0.2) is 5.43 Å². The molecule has 0 radical (unpaired) electrons. The van der Waals surface area contributed by atoms with Crippen molar-refractivity contribution in [3.05, 3.63) is 24.3 Å². The molecule has 2 rings (SSSR count). The van der Waals surface area contributed by atoms with Gasteiger partial charge in [-0.1, -0.05) is 0 Å². The van der Waals surface area contributed by atoms with Gasteiger partial charge in [0.25, 0.3) is 0 Å². The predicted octanol–water partition coefficient (Wildman–Crippen LogP) is -0.731. The minimum absolute atomic E-state index is 0.862. The average molecular weight is 138 g/mol. The summed E-state index contributed by atoms with van der Waals surface area (Å²) in [6.45, 7) is 1.76. The number of hydrazine groups is 1. The van der Waals surface area contributed by atoms with Crippen molar-refractivity contribution in [1.29, 1.82) is 0 Å². The molecule has 0 saturated carbocycles. The van der Waals surface area contributed by atoms with E-state index in [-0.39, 0.29) is 0 Å². The summed E-state index contributed by atoms with van der Waals surface area (Å²) in [4.78, 5) is 2.10. The molecule has 0 saturated heterocycles. The van der Waals surface area contributed by atoms with E-state index >= 15 is 0 Å². The molecule has 0 amide bonds. The van der Waals surface area contributed by atoms with Gasteiger partial charge in [0.2, 0.25) is 0 Å². The third-order valence-corrected chi connectivity index (χ3v) is 1.56. The molecular formula is C6H10N4. The van der Waals surface area contributed by atoms with Gasteiger partial charge < -0.3 is 15.6 Å². The topological polar surface area (TPSA) is 39.3 Å². The van der Waals surface area contributed by atoms with Crippen LogP contribution in [0, 0.1) is 0 Å². The lowest BCUT2D eigenvalue weighted by molar-refractivity contribution is 0.435. The molecule has 3 N–H and O–H groups in total. The minimum atomic E-state index is 0.862. The van der Waals surface area contributed by atoms with Crippen LogP contribution in [0.2, 0.25) is 0 Å². The molecule has 2 aliphatic heterocycles. The summed E-state index contributed by atoms with van der Waals surface area (Å²) in [6.07, 6.45) is 6.05. The Bertz CT molecular complexity index is 184. The Hall–Kier alpha value is -1.16. The van der Waals surface area contributed by atoms with Gasteiger partial charge in [0.15, 0.2) is 0 Å². The molecule has 2 heterocycles. The van der Waals surface area contributed by atoms with E-state index in [4.69, 9.17) is 0 Å². The third-order valence-electron chi connectivity index (χ3n) is 1.56. The van der Waals surface area contributed by atoms with Crippen LogP contribution in [0.15, 0.2) is 24.3 Å². The fraction of sp³-hybridized carbons (Fsp3) is 0.333. The summed E-state index contributed by atoms with van der Waals surface area (Å²) in [5, 5.41) is 3.09. The second-order valence-corrected chi connectivity index (χ2v) is 2.24. The molecule has 0 unspecified atom stereocenters. The number of hydrogen-bond acceptors (Lipinski definition) is 4. The van der Waals surface area contributed by atoms with E-state index in [1.807, 2.05) is 12.4 Å². The Morgan fingerprint density at radius 3 is 3.10 bits per heavy atom. The quantitative estimate of drug-likeness (QED) is 0.447. The van der Waals surface area contributed by atoms with E-state index in [1.54, 1.807) is 0 Å². The van der Waals surface area contributed by atoms with Gasteiger partial charge in [0.1, 0.15) is 5.82 Å². The van der Waals surface area contributed by atoms with Crippen LogP contribution in [0.1, 0.15) is 0 Å². The lowest BCUT2D eigenvalue weighted by Gasteiger charge is -2.15. The monoisotopic (exact) mass is 138 g/mol. The summed E-state index contributed by atoms with van der Waals surface area (Å²) < 4.78 is 0.